The Morgan fingerprint density at radius 1 is 0.625 bits per heavy atom. The average molecular weight is 794 g/mol. The Labute approximate surface area is 340 Å². The molecule has 0 aromatic heterocycles. The van der Waals surface area contributed by atoms with E-state index in [0.717, 1.165) is 74.1 Å². The second-order valence-electron chi connectivity index (χ2n) is 15.7. The monoisotopic (exact) mass is 793 g/mol. The normalized spacial score (nSPS) is 14.9. The number of carbonyl (C=O) groups excluding carboxylic acids is 3. The number of likely N-dealkylation sites (N-methyl/N-ethyl adjacent to an activating group) is 1. The molecule has 0 spiro atoms. The molecule has 12 heteroatoms. The molecule has 3 aromatic rings. The number of amides is 3. The summed E-state index contributed by atoms with van der Waals surface area (Å²) in [6, 6.07) is 17.4. The Kier molecular flexibility index (Phi) is 18.5. The number of carboxylic acids is 1. The zero-order valence-electron chi connectivity index (χ0n) is 33.9. The maximum absolute atomic E-state index is 12.1. The van der Waals surface area contributed by atoms with Crippen LogP contribution in [-0.2, 0) is 43.3 Å². The van der Waals surface area contributed by atoms with Crippen LogP contribution in [0, 0.1) is 0 Å². The SMILES string of the molecule is C.CC(C)(C)OC(=O)N1CCc2ccc(C(=O)O)cc2CC1.CN(C)C(=O)c1ccc2c(c1)CCNCC2.CN1CCc2ccc(C(=O)N(C)C)cc2CC1.Cl. The lowest BCUT2D eigenvalue weighted by Gasteiger charge is -2.26. The van der Waals surface area contributed by atoms with Crippen LogP contribution in [0.1, 0.15) is 92.7 Å². The Balaban J connectivity index is 0.000000288. The highest BCUT2D eigenvalue weighted by atomic mass is 35.5. The van der Waals surface area contributed by atoms with E-state index >= 15 is 0 Å². The third-order valence-corrected chi connectivity index (χ3v) is 9.79. The van der Waals surface area contributed by atoms with Gasteiger partial charge in [-0.05, 0) is 149 Å². The van der Waals surface area contributed by atoms with Crippen molar-refractivity contribution in [2.45, 2.75) is 72.3 Å². The first-order valence-corrected chi connectivity index (χ1v) is 18.9. The van der Waals surface area contributed by atoms with Crippen LogP contribution < -0.4 is 5.32 Å². The van der Waals surface area contributed by atoms with Gasteiger partial charge in [0.05, 0.1) is 5.56 Å². The van der Waals surface area contributed by atoms with Crippen molar-refractivity contribution in [1.29, 1.82) is 0 Å². The number of rotatable bonds is 3. The fraction of sp³-hybridized carbons (Fsp3) is 0.500. The van der Waals surface area contributed by atoms with E-state index < -0.39 is 11.6 Å². The molecule has 0 radical (unpaired) electrons. The Morgan fingerprint density at radius 3 is 1.46 bits per heavy atom. The van der Waals surface area contributed by atoms with Gasteiger partial charge < -0.3 is 34.8 Å². The molecular weight excluding hydrogens is 730 g/mol. The van der Waals surface area contributed by atoms with Crippen LogP contribution in [0.4, 0.5) is 4.79 Å². The van der Waals surface area contributed by atoms with Crippen molar-refractivity contribution in [2.24, 2.45) is 0 Å². The molecule has 0 saturated heterocycles. The van der Waals surface area contributed by atoms with E-state index in [0.29, 0.717) is 31.5 Å². The third kappa shape index (κ3) is 13.9. The van der Waals surface area contributed by atoms with Crippen molar-refractivity contribution < 1.29 is 29.0 Å². The molecule has 3 aliphatic heterocycles. The van der Waals surface area contributed by atoms with E-state index in [4.69, 9.17) is 9.84 Å². The lowest BCUT2D eigenvalue weighted by Crippen LogP contribution is -2.38. The minimum Gasteiger partial charge on any atom is -0.478 e. The van der Waals surface area contributed by atoms with Crippen LogP contribution in [0.15, 0.2) is 54.6 Å². The minimum absolute atomic E-state index is 0. The van der Waals surface area contributed by atoms with Crippen molar-refractivity contribution >= 4 is 36.3 Å². The molecule has 0 saturated carbocycles. The molecule has 56 heavy (non-hydrogen) atoms. The highest BCUT2D eigenvalue weighted by Gasteiger charge is 2.24. The summed E-state index contributed by atoms with van der Waals surface area (Å²) < 4.78 is 5.39. The second-order valence-corrected chi connectivity index (χ2v) is 15.7. The van der Waals surface area contributed by atoms with Crippen molar-refractivity contribution in [3.05, 3.63) is 105 Å². The third-order valence-electron chi connectivity index (χ3n) is 9.79. The molecule has 3 aliphatic rings. The fourth-order valence-corrected chi connectivity index (χ4v) is 6.66. The van der Waals surface area contributed by atoms with Crippen molar-refractivity contribution in [1.82, 2.24) is 24.9 Å². The summed E-state index contributed by atoms with van der Waals surface area (Å²) in [5, 5.41) is 12.4. The first-order chi connectivity index (χ1) is 25.5. The number of ether oxygens (including phenoxy) is 1. The van der Waals surface area contributed by atoms with Gasteiger partial charge in [-0.15, -0.1) is 12.4 Å². The van der Waals surface area contributed by atoms with Gasteiger partial charge in [-0.1, -0.05) is 25.6 Å². The van der Waals surface area contributed by atoms with Crippen LogP contribution in [0.5, 0.6) is 0 Å². The molecule has 0 bridgehead atoms. The van der Waals surface area contributed by atoms with Crippen molar-refractivity contribution in [3.8, 4) is 0 Å². The van der Waals surface area contributed by atoms with Gasteiger partial charge in [-0.2, -0.15) is 0 Å². The number of carboxylic acid groups (broad SMARTS) is 1. The van der Waals surface area contributed by atoms with E-state index in [2.05, 4.69) is 35.5 Å². The zero-order chi connectivity index (χ0) is 39.6. The van der Waals surface area contributed by atoms with Gasteiger partial charge in [0.15, 0.2) is 0 Å². The molecule has 0 unspecified atom stereocenters. The maximum atomic E-state index is 12.1. The standard InChI is InChI=1S/C16H21NO4.C14H20N2O.C13H18N2O.CH4.ClH/c1-16(2,3)21-15(20)17-8-6-11-4-5-13(14(18)19)10-12(11)7-9-17;1-15(2)14(17)13-5-4-11-6-8-16(3)9-7-12(11)10-13;1-15(2)13(16)12-4-3-10-5-7-14-8-6-11(10)9-12;;/h4-5,10H,6-9H2,1-3H3,(H,18,19);4-5,10H,6-9H2,1-3H3;3-4,9,14H,5-8H2,1-2H3;1H4;1H. The summed E-state index contributed by atoms with van der Waals surface area (Å²) in [7, 11) is 9.31. The van der Waals surface area contributed by atoms with Crippen LogP contribution in [0.25, 0.3) is 0 Å². The average Bonchev–Trinajstić information content (AvgIpc) is 3.58. The van der Waals surface area contributed by atoms with Gasteiger partial charge in [0.25, 0.3) is 11.8 Å². The smallest absolute Gasteiger partial charge is 0.410 e. The maximum Gasteiger partial charge on any atom is 0.410 e. The number of nitrogens with one attached hydrogen (secondary N) is 1. The molecule has 3 amide bonds. The predicted octanol–water partition coefficient (Wildman–Crippen LogP) is 6.27. The lowest BCUT2D eigenvalue weighted by atomic mass is 10.00. The summed E-state index contributed by atoms with van der Waals surface area (Å²) in [6.07, 6.45) is 5.26. The first kappa shape index (κ1) is 47.7. The number of hydrogen-bond acceptors (Lipinski definition) is 7. The van der Waals surface area contributed by atoms with Crippen LogP contribution in [0.2, 0.25) is 0 Å². The molecule has 308 valence electrons. The minimum atomic E-state index is -0.925. The van der Waals surface area contributed by atoms with Gasteiger partial charge in [0, 0.05) is 65.5 Å². The van der Waals surface area contributed by atoms with Crippen LogP contribution in [0.3, 0.4) is 0 Å². The number of aromatic carboxylic acids is 1. The summed E-state index contributed by atoms with van der Waals surface area (Å²) in [5.74, 6) is -0.753. The van der Waals surface area contributed by atoms with Crippen LogP contribution >= 0.6 is 12.4 Å². The molecule has 6 rings (SSSR count). The predicted molar refractivity (Wildman–Crippen MR) is 227 cm³/mol. The summed E-state index contributed by atoms with van der Waals surface area (Å²) in [4.78, 5) is 54.1. The number of halogens is 1. The highest BCUT2D eigenvalue weighted by Crippen LogP contribution is 2.21. The lowest BCUT2D eigenvalue weighted by molar-refractivity contribution is 0.0258. The van der Waals surface area contributed by atoms with Gasteiger partial charge >= 0.3 is 12.1 Å². The molecule has 11 nitrogen and oxygen atoms in total. The van der Waals surface area contributed by atoms with Crippen LogP contribution in [-0.4, -0.2) is 129 Å². The van der Waals surface area contributed by atoms with E-state index in [-0.39, 0.29) is 37.7 Å². The first-order valence-electron chi connectivity index (χ1n) is 18.9. The van der Waals surface area contributed by atoms with Crippen molar-refractivity contribution in [2.75, 3.05) is 74.5 Å². The van der Waals surface area contributed by atoms with E-state index in [1.54, 1.807) is 55.0 Å². The summed E-state index contributed by atoms with van der Waals surface area (Å²) >= 11 is 0. The molecular formula is C44H64ClN5O6. The Morgan fingerprint density at radius 2 is 1.00 bits per heavy atom. The largest absolute Gasteiger partial charge is 0.478 e. The number of benzene rings is 3. The van der Waals surface area contributed by atoms with E-state index in [9.17, 15) is 19.2 Å². The van der Waals surface area contributed by atoms with E-state index in [1.165, 1.54) is 22.3 Å². The van der Waals surface area contributed by atoms with Gasteiger partial charge in [0.2, 0.25) is 0 Å². The van der Waals surface area contributed by atoms with Gasteiger partial charge in [-0.3, -0.25) is 9.59 Å². The molecule has 2 N–H and O–H groups in total. The fourth-order valence-electron chi connectivity index (χ4n) is 6.66. The second kappa shape index (κ2) is 21.7. The van der Waals surface area contributed by atoms with Crippen molar-refractivity contribution in [3.63, 3.8) is 0 Å². The molecule has 0 aliphatic carbocycles. The molecule has 0 fully saturated rings. The number of hydrogen-bond donors (Lipinski definition) is 2. The van der Waals surface area contributed by atoms with Gasteiger partial charge in [0.1, 0.15) is 5.60 Å². The Hall–Kier alpha value is -4.45. The topological polar surface area (TPSA) is 123 Å². The number of carbonyl (C=O) groups is 4. The quantitative estimate of drug-likeness (QED) is 0.318. The van der Waals surface area contributed by atoms with E-state index in [1.807, 2.05) is 45.0 Å². The molecule has 3 aromatic carbocycles. The highest BCUT2D eigenvalue weighted by molar-refractivity contribution is 5.94. The zero-order valence-corrected chi connectivity index (χ0v) is 34.7. The number of nitrogens with zero attached hydrogens (tertiary/aromatic N) is 4. The summed E-state index contributed by atoms with van der Waals surface area (Å²) in [6.45, 7) is 10.9. The molecule has 0 atom stereocenters. The van der Waals surface area contributed by atoms with Gasteiger partial charge in [-0.25, -0.2) is 9.59 Å². The number of fused-ring (bicyclic) bond motifs is 3. The molecule has 3 heterocycles. The summed E-state index contributed by atoms with van der Waals surface area (Å²) in [5.41, 5.74) is 8.91. The Bertz CT molecular complexity index is 1800.